The van der Waals surface area contributed by atoms with Crippen LogP contribution in [0.3, 0.4) is 0 Å². The van der Waals surface area contributed by atoms with Crippen molar-refractivity contribution in [1.82, 2.24) is 5.32 Å². The van der Waals surface area contributed by atoms with Gasteiger partial charge in [0, 0.05) is 21.8 Å². The zero-order valence-corrected chi connectivity index (χ0v) is 13.6. The Balaban J connectivity index is 2.23. The number of nitrogens with one attached hydrogen (secondary N) is 1. The van der Waals surface area contributed by atoms with E-state index in [1.807, 2.05) is 25.2 Å². The number of hydrogen-bond acceptors (Lipinski definition) is 2. The number of hydrogen-bond donors (Lipinski definition) is 1. The maximum atomic E-state index is 6.06. The molecule has 1 aromatic heterocycles. The lowest BCUT2D eigenvalue weighted by Gasteiger charge is -2.16. The van der Waals surface area contributed by atoms with Crippen LogP contribution in [0.2, 0.25) is 10.0 Å². The molecule has 0 radical (unpaired) electrons. The highest BCUT2D eigenvalue weighted by molar-refractivity contribution is 9.10. The quantitative estimate of drug-likeness (QED) is 0.773. The Bertz CT molecular complexity index is 542. The van der Waals surface area contributed by atoms with E-state index in [-0.39, 0.29) is 6.04 Å². The van der Waals surface area contributed by atoms with E-state index in [1.54, 1.807) is 11.3 Å². The van der Waals surface area contributed by atoms with Gasteiger partial charge in [0.1, 0.15) is 0 Å². The van der Waals surface area contributed by atoms with Crippen LogP contribution in [-0.4, -0.2) is 7.05 Å². The molecule has 0 spiro atoms. The van der Waals surface area contributed by atoms with Crippen LogP contribution in [-0.2, 0) is 6.42 Å². The molecular weight excluding hydrogens is 353 g/mol. The number of rotatable bonds is 4. The highest BCUT2D eigenvalue weighted by Crippen LogP contribution is 2.30. The molecule has 1 atom stereocenters. The average Bonchev–Trinajstić information content (AvgIpc) is 2.75. The third-order valence-corrected chi connectivity index (χ3v) is 5.46. The minimum absolute atomic E-state index is 0.231. The molecule has 0 saturated carbocycles. The van der Waals surface area contributed by atoms with Crippen molar-refractivity contribution in [2.24, 2.45) is 0 Å². The van der Waals surface area contributed by atoms with Crippen LogP contribution in [0, 0.1) is 0 Å². The highest BCUT2D eigenvalue weighted by Gasteiger charge is 2.14. The lowest BCUT2D eigenvalue weighted by molar-refractivity contribution is 0.596. The minimum Gasteiger partial charge on any atom is -0.313 e. The van der Waals surface area contributed by atoms with Gasteiger partial charge in [-0.25, -0.2) is 0 Å². The second kappa shape index (κ2) is 6.40. The maximum Gasteiger partial charge on any atom is 0.0595 e. The van der Waals surface area contributed by atoms with Gasteiger partial charge in [0.05, 0.1) is 10.0 Å². The van der Waals surface area contributed by atoms with E-state index >= 15 is 0 Å². The summed E-state index contributed by atoms with van der Waals surface area (Å²) in [5.74, 6) is 0. The molecule has 1 nitrogen and oxygen atoms in total. The van der Waals surface area contributed by atoms with E-state index < -0.39 is 0 Å². The molecule has 1 aromatic carbocycles. The van der Waals surface area contributed by atoms with E-state index in [2.05, 4.69) is 32.7 Å². The topological polar surface area (TPSA) is 12.0 Å². The molecule has 0 aliphatic heterocycles. The Kier molecular flexibility index (Phi) is 5.10. The Morgan fingerprint density at radius 2 is 2.06 bits per heavy atom. The van der Waals surface area contributed by atoms with Gasteiger partial charge >= 0.3 is 0 Å². The van der Waals surface area contributed by atoms with Crippen molar-refractivity contribution >= 4 is 50.5 Å². The van der Waals surface area contributed by atoms with Gasteiger partial charge in [-0.1, -0.05) is 29.3 Å². The molecule has 0 aliphatic carbocycles. The Labute approximate surface area is 129 Å². The number of thiophene rings is 1. The summed E-state index contributed by atoms with van der Waals surface area (Å²) >= 11 is 17.3. The summed E-state index contributed by atoms with van der Waals surface area (Å²) < 4.78 is 1.16. The molecule has 0 saturated heterocycles. The summed E-state index contributed by atoms with van der Waals surface area (Å²) in [6.07, 6.45) is 0.923. The van der Waals surface area contributed by atoms with Gasteiger partial charge in [-0.3, -0.25) is 0 Å². The smallest absolute Gasteiger partial charge is 0.0595 e. The van der Waals surface area contributed by atoms with E-state index in [0.29, 0.717) is 10.0 Å². The SMILES string of the molecule is CNC(Cc1sccc1Br)c1ccc(Cl)c(Cl)c1. The maximum absolute atomic E-state index is 6.06. The summed E-state index contributed by atoms with van der Waals surface area (Å²) in [5.41, 5.74) is 1.15. The highest BCUT2D eigenvalue weighted by atomic mass is 79.9. The monoisotopic (exact) mass is 363 g/mol. The lowest BCUT2D eigenvalue weighted by atomic mass is 10.0. The molecule has 1 heterocycles. The molecule has 5 heteroatoms. The predicted molar refractivity (Wildman–Crippen MR) is 84.0 cm³/mol. The molecule has 0 aliphatic rings. The van der Waals surface area contributed by atoms with Crippen molar-refractivity contribution in [3.05, 3.63) is 54.6 Å². The van der Waals surface area contributed by atoms with Crippen molar-refractivity contribution in [2.45, 2.75) is 12.5 Å². The van der Waals surface area contributed by atoms with Gasteiger partial charge in [-0.2, -0.15) is 0 Å². The van der Waals surface area contributed by atoms with Gasteiger partial charge in [0.15, 0.2) is 0 Å². The molecule has 1 N–H and O–H groups in total. The Hall–Kier alpha value is -0.0600. The summed E-state index contributed by atoms with van der Waals surface area (Å²) in [6.45, 7) is 0. The van der Waals surface area contributed by atoms with Crippen molar-refractivity contribution in [2.75, 3.05) is 7.05 Å². The predicted octanol–water partition coefficient (Wildman–Crippen LogP) is 5.32. The van der Waals surface area contributed by atoms with Crippen LogP contribution in [0.5, 0.6) is 0 Å². The summed E-state index contributed by atoms with van der Waals surface area (Å²) in [4.78, 5) is 1.32. The largest absolute Gasteiger partial charge is 0.313 e. The van der Waals surface area contributed by atoms with Gasteiger partial charge in [-0.15, -0.1) is 11.3 Å². The first kappa shape index (κ1) is 14.4. The molecule has 96 valence electrons. The first-order chi connectivity index (χ1) is 8.61. The van der Waals surface area contributed by atoms with E-state index in [0.717, 1.165) is 16.5 Å². The lowest BCUT2D eigenvalue weighted by Crippen LogP contribution is -2.18. The number of likely N-dealkylation sites (N-methyl/N-ethyl adjacent to an activating group) is 1. The molecule has 18 heavy (non-hydrogen) atoms. The molecule has 1 unspecified atom stereocenters. The molecule has 0 bridgehead atoms. The Morgan fingerprint density at radius 1 is 1.28 bits per heavy atom. The fourth-order valence-electron chi connectivity index (χ4n) is 1.77. The van der Waals surface area contributed by atoms with Crippen LogP contribution in [0.4, 0.5) is 0 Å². The molecular formula is C13H12BrCl2NS. The molecule has 0 amide bonds. The standard InChI is InChI=1S/C13H12BrCl2NS/c1-17-12(7-13-9(14)4-5-18-13)8-2-3-10(15)11(16)6-8/h2-6,12,17H,7H2,1H3. The fourth-order valence-corrected chi connectivity index (χ4v) is 3.64. The summed E-state index contributed by atoms with van der Waals surface area (Å²) in [7, 11) is 1.95. The average molecular weight is 365 g/mol. The summed E-state index contributed by atoms with van der Waals surface area (Å²) in [5, 5.41) is 6.59. The fraction of sp³-hybridized carbons (Fsp3) is 0.231. The zero-order valence-electron chi connectivity index (χ0n) is 9.71. The first-order valence-electron chi connectivity index (χ1n) is 5.46. The number of halogens is 3. The third-order valence-electron chi connectivity index (χ3n) is 2.78. The van der Waals surface area contributed by atoms with Crippen molar-refractivity contribution < 1.29 is 0 Å². The van der Waals surface area contributed by atoms with E-state index in [1.165, 1.54) is 4.88 Å². The van der Waals surface area contributed by atoms with Gasteiger partial charge in [0.25, 0.3) is 0 Å². The summed E-state index contributed by atoms with van der Waals surface area (Å²) in [6, 6.07) is 8.08. The van der Waals surface area contributed by atoms with E-state index in [9.17, 15) is 0 Å². The molecule has 2 rings (SSSR count). The van der Waals surface area contributed by atoms with Crippen LogP contribution in [0.15, 0.2) is 34.1 Å². The zero-order chi connectivity index (χ0) is 13.1. The van der Waals surface area contributed by atoms with Gasteiger partial charge < -0.3 is 5.32 Å². The molecule has 2 aromatic rings. The van der Waals surface area contributed by atoms with Crippen LogP contribution < -0.4 is 5.32 Å². The normalized spacial score (nSPS) is 12.7. The van der Waals surface area contributed by atoms with Crippen LogP contribution in [0.1, 0.15) is 16.5 Å². The van der Waals surface area contributed by atoms with E-state index in [4.69, 9.17) is 23.2 Å². The van der Waals surface area contributed by atoms with Crippen molar-refractivity contribution in [1.29, 1.82) is 0 Å². The second-order valence-corrected chi connectivity index (χ2v) is 6.58. The first-order valence-corrected chi connectivity index (χ1v) is 7.88. The number of benzene rings is 1. The third kappa shape index (κ3) is 3.28. The van der Waals surface area contributed by atoms with Crippen molar-refractivity contribution in [3.8, 4) is 0 Å². The van der Waals surface area contributed by atoms with Crippen LogP contribution >= 0.6 is 50.5 Å². The van der Waals surface area contributed by atoms with Crippen molar-refractivity contribution in [3.63, 3.8) is 0 Å². The second-order valence-electron chi connectivity index (χ2n) is 3.91. The van der Waals surface area contributed by atoms with Gasteiger partial charge in [0.2, 0.25) is 0 Å². The van der Waals surface area contributed by atoms with Crippen LogP contribution in [0.25, 0.3) is 0 Å². The minimum atomic E-state index is 0.231. The molecule has 0 fully saturated rings. The van der Waals surface area contributed by atoms with Gasteiger partial charge in [-0.05, 0) is 52.1 Å². The Morgan fingerprint density at radius 3 is 2.61 bits per heavy atom.